The molecule has 0 bridgehead atoms. The van der Waals surface area contributed by atoms with Crippen LogP contribution in [0.25, 0.3) is 49.9 Å². The first-order chi connectivity index (χ1) is 14.3. The Kier molecular flexibility index (Phi) is 4.42. The summed E-state index contributed by atoms with van der Waals surface area (Å²) in [6, 6.07) is 33.9. The van der Waals surface area contributed by atoms with Crippen LogP contribution < -0.4 is 0 Å². The summed E-state index contributed by atoms with van der Waals surface area (Å²) in [6.07, 6.45) is 1.90. The van der Waals surface area contributed by atoms with E-state index in [0.29, 0.717) is 0 Å². The smallest absolute Gasteiger partial charge is 0.0412 e. The summed E-state index contributed by atoms with van der Waals surface area (Å²) < 4.78 is 0. The number of rotatable bonds is 3. The summed E-state index contributed by atoms with van der Waals surface area (Å²) in [5.74, 6) is 0. The molecule has 0 unspecified atom stereocenters. The summed E-state index contributed by atoms with van der Waals surface area (Å²) in [7, 11) is 0. The zero-order valence-electron chi connectivity index (χ0n) is 15.9. The molecule has 0 aliphatic heterocycles. The molecule has 29 heavy (non-hydrogen) atoms. The lowest BCUT2D eigenvalue weighted by molar-refractivity contribution is 1.63. The average Bonchev–Trinajstić information content (AvgIpc) is 2.78. The quantitative estimate of drug-likeness (QED) is 0.270. The molecule has 0 aromatic heterocycles. The van der Waals surface area contributed by atoms with Crippen LogP contribution in [0.2, 0.25) is 5.02 Å². The van der Waals surface area contributed by atoms with Gasteiger partial charge in [0.05, 0.1) is 0 Å². The Bertz CT molecular complexity index is 1310. The van der Waals surface area contributed by atoms with E-state index in [0.717, 1.165) is 16.1 Å². The maximum atomic E-state index is 6.42. The molecule has 1 heteroatoms. The molecular formula is C28H19Cl. The minimum absolute atomic E-state index is 0.728. The Morgan fingerprint density at radius 3 is 1.66 bits per heavy atom. The standard InChI is InChI=1S/C28H19Cl/c1-2-19-16-17-21(29)18-26(19)28-24-14-8-6-12-22(24)27(20-10-4-3-5-11-20)23-13-7-9-15-25(23)28/h2-18H,1H2. The van der Waals surface area contributed by atoms with Gasteiger partial charge in [-0.25, -0.2) is 0 Å². The van der Waals surface area contributed by atoms with E-state index in [4.69, 9.17) is 11.6 Å². The van der Waals surface area contributed by atoms with Gasteiger partial charge >= 0.3 is 0 Å². The van der Waals surface area contributed by atoms with Gasteiger partial charge in [-0.15, -0.1) is 0 Å². The number of halogens is 1. The number of benzene rings is 5. The Morgan fingerprint density at radius 2 is 1.10 bits per heavy atom. The van der Waals surface area contributed by atoms with Crippen molar-refractivity contribution in [2.75, 3.05) is 0 Å². The second kappa shape index (κ2) is 7.24. The van der Waals surface area contributed by atoms with Crippen LogP contribution in [0.15, 0.2) is 104 Å². The fourth-order valence-electron chi connectivity index (χ4n) is 4.26. The minimum Gasteiger partial charge on any atom is -0.0984 e. The van der Waals surface area contributed by atoms with E-state index < -0.39 is 0 Å². The highest BCUT2D eigenvalue weighted by Crippen LogP contribution is 2.44. The molecule has 0 spiro atoms. The van der Waals surface area contributed by atoms with E-state index >= 15 is 0 Å². The van der Waals surface area contributed by atoms with Gasteiger partial charge in [-0.2, -0.15) is 0 Å². The number of fused-ring (bicyclic) bond motifs is 2. The molecular weight excluding hydrogens is 372 g/mol. The van der Waals surface area contributed by atoms with Crippen LogP contribution in [0.1, 0.15) is 5.56 Å². The largest absolute Gasteiger partial charge is 0.0984 e. The van der Waals surface area contributed by atoms with Gasteiger partial charge in [-0.05, 0) is 61.5 Å². The van der Waals surface area contributed by atoms with Gasteiger partial charge in [0.2, 0.25) is 0 Å². The third kappa shape index (κ3) is 2.93. The van der Waals surface area contributed by atoms with Gasteiger partial charge < -0.3 is 0 Å². The molecule has 5 aromatic rings. The summed E-state index contributed by atoms with van der Waals surface area (Å²) in [6.45, 7) is 4.03. The predicted octanol–water partition coefficient (Wildman–Crippen LogP) is 8.62. The van der Waals surface area contributed by atoms with Crippen molar-refractivity contribution < 1.29 is 0 Å². The van der Waals surface area contributed by atoms with Crippen molar-refractivity contribution in [3.63, 3.8) is 0 Å². The highest BCUT2D eigenvalue weighted by atomic mass is 35.5. The zero-order valence-corrected chi connectivity index (χ0v) is 16.7. The van der Waals surface area contributed by atoms with E-state index in [1.807, 2.05) is 18.2 Å². The Balaban J connectivity index is 2.03. The lowest BCUT2D eigenvalue weighted by Gasteiger charge is -2.19. The molecule has 0 saturated heterocycles. The molecule has 0 aliphatic rings. The molecule has 0 fully saturated rings. The van der Waals surface area contributed by atoms with Crippen molar-refractivity contribution in [3.8, 4) is 22.3 Å². The summed E-state index contributed by atoms with van der Waals surface area (Å²) in [4.78, 5) is 0. The first-order valence-electron chi connectivity index (χ1n) is 9.69. The third-order valence-corrected chi connectivity index (χ3v) is 5.73. The highest BCUT2D eigenvalue weighted by Gasteiger charge is 2.17. The molecule has 0 radical (unpaired) electrons. The van der Waals surface area contributed by atoms with Crippen LogP contribution >= 0.6 is 11.6 Å². The lowest BCUT2D eigenvalue weighted by Crippen LogP contribution is -1.92. The predicted molar refractivity (Wildman–Crippen MR) is 127 cm³/mol. The van der Waals surface area contributed by atoms with Gasteiger partial charge in [-0.1, -0.05) is 109 Å². The van der Waals surface area contributed by atoms with Crippen molar-refractivity contribution in [1.82, 2.24) is 0 Å². The van der Waals surface area contributed by atoms with Crippen LogP contribution in [-0.2, 0) is 0 Å². The maximum Gasteiger partial charge on any atom is 0.0412 e. The second-order valence-corrected chi connectivity index (χ2v) is 7.58. The summed E-state index contributed by atoms with van der Waals surface area (Å²) >= 11 is 6.42. The Hall–Kier alpha value is -3.35. The molecule has 0 atom stereocenters. The molecule has 138 valence electrons. The van der Waals surface area contributed by atoms with E-state index in [-0.39, 0.29) is 0 Å². The zero-order chi connectivity index (χ0) is 19.8. The van der Waals surface area contributed by atoms with E-state index in [2.05, 4.69) is 91.5 Å². The van der Waals surface area contributed by atoms with E-state index in [1.54, 1.807) is 0 Å². The van der Waals surface area contributed by atoms with Crippen LogP contribution in [-0.4, -0.2) is 0 Å². The van der Waals surface area contributed by atoms with Crippen molar-refractivity contribution in [2.45, 2.75) is 0 Å². The normalized spacial score (nSPS) is 11.1. The fourth-order valence-corrected chi connectivity index (χ4v) is 4.43. The molecule has 0 aliphatic carbocycles. The maximum absolute atomic E-state index is 6.42. The molecule has 0 saturated carbocycles. The van der Waals surface area contributed by atoms with E-state index in [9.17, 15) is 0 Å². The van der Waals surface area contributed by atoms with Crippen molar-refractivity contribution >= 4 is 39.2 Å². The van der Waals surface area contributed by atoms with Crippen LogP contribution in [0.5, 0.6) is 0 Å². The fraction of sp³-hybridized carbons (Fsp3) is 0. The first-order valence-corrected chi connectivity index (χ1v) is 10.1. The van der Waals surface area contributed by atoms with Crippen molar-refractivity contribution in [1.29, 1.82) is 0 Å². The molecule has 5 rings (SSSR count). The van der Waals surface area contributed by atoms with Gasteiger partial charge in [-0.3, -0.25) is 0 Å². The topological polar surface area (TPSA) is 0 Å². The third-order valence-electron chi connectivity index (χ3n) is 5.50. The summed E-state index contributed by atoms with van der Waals surface area (Å²) in [5, 5.41) is 5.64. The number of hydrogen-bond acceptors (Lipinski definition) is 0. The van der Waals surface area contributed by atoms with Crippen molar-refractivity contribution in [3.05, 3.63) is 114 Å². The average molecular weight is 391 g/mol. The van der Waals surface area contributed by atoms with Crippen molar-refractivity contribution in [2.24, 2.45) is 0 Å². The SMILES string of the molecule is C=Cc1ccc(Cl)cc1-c1c2ccccc2c(-c2ccccc2)c2ccccc12. The summed E-state index contributed by atoms with van der Waals surface area (Å²) in [5.41, 5.74) is 5.88. The number of hydrogen-bond donors (Lipinski definition) is 0. The van der Waals surface area contributed by atoms with Gasteiger partial charge in [0.25, 0.3) is 0 Å². The Labute approximate surface area is 175 Å². The minimum atomic E-state index is 0.728. The Morgan fingerprint density at radius 1 is 0.586 bits per heavy atom. The van der Waals surface area contributed by atoms with Gasteiger partial charge in [0, 0.05) is 5.02 Å². The lowest BCUT2D eigenvalue weighted by atomic mass is 9.85. The van der Waals surface area contributed by atoms with Crippen LogP contribution in [0.3, 0.4) is 0 Å². The molecule has 5 aromatic carbocycles. The van der Waals surface area contributed by atoms with Gasteiger partial charge in [0.15, 0.2) is 0 Å². The molecule has 0 N–H and O–H groups in total. The second-order valence-electron chi connectivity index (χ2n) is 7.14. The monoisotopic (exact) mass is 390 g/mol. The highest BCUT2D eigenvalue weighted by molar-refractivity contribution is 6.31. The molecule has 0 heterocycles. The molecule has 0 amide bonds. The molecule has 0 nitrogen and oxygen atoms in total. The van der Waals surface area contributed by atoms with Crippen LogP contribution in [0.4, 0.5) is 0 Å². The van der Waals surface area contributed by atoms with Gasteiger partial charge in [0.1, 0.15) is 0 Å². The van der Waals surface area contributed by atoms with Crippen LogP contribution in [0, 0.1) is 0 Å². The van der Waals surface area contributed by atoms with E-state index in [1.165, 1.54) is 38.2 Å². The first kappa shape index (κ1) is 17.7.